The maximum Gasteiger partial charge on any atom is 0.312 e. The second kappa shape index (κ2) is 5.25. The molecule has 1 aromatic carbocycles. The predicted molar refractivity (Wildman–Crippen MR) is 75.2 cm³/mol. The number of halogens is 1. The number of hydrogen-bond acceptors (Lipinski definition) is 4. The number of hydrogen-bond donors (Lipinski definition) is 2. The van der Waals surface area contributed by atoms with Gasteiger partial charge in [0, 0.05) is 10.4 Å². The van der Waals surface area contributed by atoms with Crippen LogP contribution in [0.25, 0.3) is 0 Å². The molecule has 21 heavy (non-hydrogen) atoms. The number of carbonyl (C=O) groups excluding carboxylic acids is 1. The van der Waals surface area contributed by atoms with E-state index in [9.17, 15) is 14.0 Å². The Morgan fingerprint density at radius 1 is 1.33 bits per heavy atom. The highest BCUT2D eigenvalue weighted by Gasteiger charge is 2.32. The molecule has 2 aromatic rings. The zero-order chi connectivity index (χ0) is 15.0. The Bertz CT molecular complexity index is 712. The molecular formula is C14H11FN2O3S. The van der Waals surface area contributed by atoms with Gasteiger partial charge in [-0.25, -0.2) is 9.37 Å². The number of amides is 1. The number of fused-ring (bicyclic) bond motifs is 1. The highest BCUT2D eigenvalue weighted by Crippen LogP contribution is 2.38. The monoisotopic (exact) mass is 306 g/mol. The summed E-state index contributed by atoms with van der Waals surface area (Å²) in [5, 5.41) is 12.1. The molecule has 5 nitrogen and oxygen atoms in total. The van der Waals surface area contributed by atoms with Crippen molar-refractivity contribution < 1.29 is 19.1 Å². The minimum atomic E-state index is -0.893. The van der Waals surface area contributed by atoms with Crippen molar-refractivity contribution in [2.24, 2.45) is 0 Å². The highest BCUT2D eigenvalue weighted by molar-refractivity contribution is 7.16. The van der Waals surface area contributed by atoms with Crippen LogP contribution >= 0.6 is 11.3 Å². The molecule has 1 aromatic heterocycles. The summed E-state index contributed by atoms with van der Waals surface area (Å²) in [7, 11) is 0. The summed E-state index contributed by atoms with van der Waals surface area (Å²) >= 11 is 1.29. The van der Waals surface area contributed by atoms with Crippen LogP contribution in [0.5, 0.6) is 0 Å². The first kappa shape index (κ1) is 13.7. The summed E-state index contributed by atoms with van der Waals surface area (Å²) in [6, 6.07) is 5.17. The molecule has 3 rings (SSSR count). The number of rotatable bonds is 3. The van der Waals surface area contributed by atoms with Gasteiger partial charge in [0.1, 0.15) is 11.7 Å². The van der Waals surface area contributed by atoms with Crippen molar-refractivity contribution in [3.63, 3.8) is 0 Å². The largest absolute Gasteiger partial charge is 0.481 e. The van der Waals surface area contributed by atoms with Crippen molar-refractivity contribution in [2.75, 3.05) is 5.32 Å². The van der Waals surface area contributed by atoms with Crippen molar-refractivity contribution in [3.05, 3.63) is 46.2 Å². The van der Waals surface area contributed by atoms with Gasteiger partial charge < -0.3 is 5.11 Å². The Hall–Kier alpha value is -2.28. The van der Waals surface area contributed by atoms with Crippen LogP contribution in [0.4, 0.5) is 9.52 Å². The Morgan fingerprint density at radius 3 is 2.71 bits per heavy atom. The third-order valence-electron chi connectivity index (χ3n) is 3.34. The number of nitrogens with zero attached hydrogens (tertiary/aromatic N) is 1. The first-order valence-electron chi connectivity index (χ1n) is 6.34. The number of nitrogens with one attached hydrogen (secondary N) is 1. The van der Waals surface area contributed by atoms with Crippen LogP contribution in [0, 0.1) is 5.82 Å². The fourth-order valence-electron chi connectivity index (χ4n) is 2.29. The lowest BCUT2D eigenvalue weighted by Gasteiger charge is -2.03. The van der Waals surface area contributed by atoms with Crippen LogP contribution < -0.4 is 5.32 Å². The highest BCUT2D eigenvalue weighted by atomic mass is 32.1. The Balaban J connectivity index is 1.77. The summed E-state index contributed by atoms with van der Waals surface area (Å²) in [6.07, 6.45) is 1.21. The number of aliphatic carboxylic acids is 1. The van der Waals surface area contributed by atoms with E-state index < -0.39 is 23.6 Å². The fraction of sp³-hybridized carbons (Fsp3) is 0.214. The van der Waals surface area contributed by atoms with E-state index in [4.69, 9.17) is 5.11 Å². The van der Waals surface area contributed by atoms with Gasteiger partial charge in [-0.1, -0.05) is 0 Å². The van der Waals surface area contributed by atoms with Crippen LogP contribution in [0.3, 0.4) is 0 Å². The second-order valence-corrected chi connectivity index (χ2v) is 5.80. The normalized spacial score (nSPS) is 16.5. The minimum absolute atomic E-state index is 0.321. The topological polar surface area (TPSA) is 79.3 Å². The van der Waals surface area contributed by atoms with Gasteiger partial charge in [0.05, 0.1) is 5.69 Å². The van der Waals surface area contributed by atoms with Gasteiger partial charge in [0.15, 0.2) is 5.13 Å². The summed E-state index contributed by atoms with van der Waals surface area (Å²) in [6.45, 7) is 0. The van der Waals surface area contributed by atoms with Crippen molar-refractivity contribution in [3.8, 4) is 0 Å². The molecule has 1 aliphatic carbocycles. The van der Waals surface area contributed by atoms with Crippen LogP contribution in [-0.2, 0) is 11.2 Å². The van der Waals surface area contributed by atoms with Crippen LogP contribution in [0.1, 0.15) is 33.3 Å². The predicted octanol–water partition coefficient (Wildman–Crippen LogP) is 2.65. The van der Waals surface area contributed by atoms with E-state index in [1.807, 2.05) is 0 Å². The van der Waals surface area contributed by atoms with E-state index >= 15 is 0 Å². The lowest BCUT2D eigenvalue weighted by molar-refractivity contribution is -0.138. The van der Waals surface area contributed by atoms with Gasteiger partial charge in [0.25, 0.3) is 5.91 Å². The van der Waals surface area contributed by atoms with E-state index in [0.717, 1.165) is 4.88 Å². The fourth-order valence-corrected chi connectivity index (χ4v) is 3.33. The Kier molecular flexibility index (Phi) is 3.42. The summed E-state index contributed by atoms with van der Waals surface area (Å²) < 4.78 is 12.8. The summed E-state index contributed by atoms with van der Waals surface area (Å²) in [5.74, 6) is -2.29. The first-order chi connectivity index (χ1) is 10.0. The molecule has 1 aliphatic rings. The number of aryl methyl sites for hydroxylation is 1. The van der Waals surface area contributed by atoms with E-state index in [0.29, 0.717) is 29.2 Å². The molecule has 7 heteroatoms. The van der Waals surface area contributed by atoms with Gasteiger partial charge in [-0.15, -0.1) is 11.3 Å². The van der Waals surface area contributed by atoms with Gasteiger partial charge in [0.2, 0.25) is 0 Å². The van der Waals surface area contributed by atoms with Gasteiger partial charge in [-0.3, -0.25) is 14.9 Å². The lowest BCUT2D eigenvalue weighted by Crippen LogP contribution is -2.13. The molecular weight excluding hydrogens is 295 g/mol. The Labute approximate surface area is 123 Å². The van der Waals surface area contributed by atoms with E-state index in [1.54, 1.807) is 0 Å². The molecule has 0 spiro atoms. The molecule has 108 valence electrons. The lowest BCUT2D eigenvalue weighted by atomic mass is 10.1. The third-order valence-corrected chi connectivity index (χ3v) is 4.39. The molecule has 1 heterocycles. The van der Waals surface area contributed by atoms with E-state index in [1.165, 1.54) is 35.6 Å². The second-order valence-electron chi connectivity index (χ2n) is 4.72. The van der Waals surface area contributed by atoms with Crippen molar-refractivity contribution >= 4 is 28.3 Å². The van der Waals surface area contributed by atoms with Gasteiger partial charge >= 0.3 is 5.97 Å². The maximum absolute atomic E-state index is 12.8. The van der Waals surface area contributed by atoms with Crippen molar-refractivity contribution in [2.45, 2.75) is 18.8 Å². The van der Waals surface area contributed by atoms with E-state index in [-0.39, 0.29) is 0 Å². The number of anilines is 1. The first-order valence-corrected chi connectivity index (χ1v) is 7.15. The number of carboxylic acid groups (broad SMARTS) is 1. The molecule has 0 saturated carbocycles. The van der Waals surface area contributed by atoms with Gasteiger partial charge in [-0.2, -0.15) is 0 Å². The third kappa shape index (κ3) is 2.64. The summed E-state index contributed by atoms with van der Waals surface area (Å²) in [4.78, 5) is 28.2. The smallest absolute Gasteiger partial charge is 0.312 e. The average Bonchev–Trinajstić information content (AvgIpc) is 2.98. The van der Waals surface area contributed by atoms with Crippen LogP contribution in [-0.4, -0.2) is 22.0 Å². The molecule has 0 unspecified atom stereocenters. The molecule has 2 N–H and O–H groups in total. The standard InChI is InChI=1S/C14H11FN2O3S/c15-8-3-1-7(2-4-8)12(18)17-14-16-11-9(13(19)20)5-6-10(11)21-14/h1-4,9H,5-6H2,(H,19,20)(H,16,17,18)/t9-/m0/s1. The number of carboxylic acids is 1. The van der Waals surface area contributed by atoms with Crippen LogP contribution in [0.2, 0.25) is 0 Å². The quantitative estimate of drug-likeness (QED) is 0.913. The maximum atomic E-state index is 12.8. The molecule has 1 atom stereocenters. The summed E-state index contributed by atoms with van der Waals surface area (Å²) in [5.41, 5.74) is 0.864. The van der Waals surface area contributed by atoms with Gasteiger partial charge in [-0.05, 0) is 37.1 Å². The zero-order valence-corrected chi connectivity index (χ0v) is 11.6. The number of thiazole rings is 1. The minimum Gasteiger partial charge on any atom is -0.481 e. The molecule has 1 amide bonds. The number of carbonyl (C=O) groups is 2. The SMILES string of the molecule is O=C(Nc1nc2c(s1)CC[C@@H]2C(=O)O)c1ccc(F)cc1. The number of benzene rings is 1. The average molecular weight is 306 g/mol. The molecule has 0 aliphatic heterocycles. The molecule has 0 bridgehead atoms. The van der Waals surface area contributed by atoms with E-state index in [2.05, 4.69) is 10.3 Å². The Morgan fingerprint density at radius 2 is 2.05 bits per heavy atom. The zero-order valence-electron chi connectivity index (χ0n) is 10.8. The van der Waals surface area contributed by atoms with Crippen molar-refractivity contribution in [1.29, 1.82) is 0 Å². The molecule has 0 fully saturated rings. The van der Waals surface area contributed by atoms with Crippen LogP contribution in [0.15, 0.2) is 24.3 Å². The number of aromatic nitrogens is 1. The molecule has 0 radical (unpaired) electrons. The molecule has 0 saturated heterocycles. The van der Waals surface area contributed by atoms with Crippen molar-refractivity contribution in [1.82, 2.24) is 4.98 Å².